The van der Waals surface area contributed by atoms with E-state index in [9.17, 15) is 13.6 Å². The van der Waals surface area contributed by atoms with Crippen molar-refractivity contribution in [3.63, 3.8) is 0 Å². The Balaban J connectivity index is 2.02. The molecule has 1 aliphatic heterocycles. The molecule has 2 N–H and O–H groups in total. The lowest BCUT2D eigenvalue weighted by Gasteiger charge is -2.34. The van der Waals surface area contributed by atoms with Crippen molar-refractivity contribution in [1.82, 2.24) is 10.6 Å². The van der Waals surface area contributed by atoms with Crippen molar-refractivity contribution in [1.29, 1.82) is 0 Å². The van der Waals surface area contributed by atoms with E-state index in [4.69, 9.17) is 4.74 Å². The zero-order chi connectivity index (χ0) is 14.6. The molecule has 0 unspecified atom stereocenters. The summed E-state index contributed by atoms with van der Waals surface area (Å²) in [6.07, 6.45) is 1.11. The van der Waals surface area contributed by atoms with Gasteiger partial charge in [0.05, 0.1) is 0 Å². The standard InChI is InChI=1S/C14H18F2N2O2/c1-20-14(4-6-17-7-5-14)13(19)18-9-10-8-11(15)2-3-12(10)16/h2-3,8,17H,4-7,9H2,1H3,(H,18,19). The number of methoxy groups -OCH3 is 1. The van der Waals surface area contributed by atoms with Gasteiger partial charge in [-0.2, -0.15) is 0 Å². The molecule has 6 heteroatoms. The van der Waals surface area contributed by atoms with E-state index in [0.29, 0.717) is 25.9 Å². The van der Waals surface area contributed by atoms with E-state index in [1.54, 1.807) is 0 Å². The second-order valence-electron chi connectivity index (χ2n) is 4.87. The maximum Gasteiger partial charge on any atom is 0.252 e. The highest BCUT2D eigenvalue weighted by molar-refractivity contribution is 5.85. The normalized spacial score (nSPS) is 17.8. The summed E-state index contributed by atoms with van der Waals surface area (Å²) >= 11 is 0. The molecule has 1 fully saturated rings. The Morgan fingerprint density at radius 2 is 2.10 bits per heavy atom. The second kappa shape index (κ2) is 6.28. The number of piperidine rings is 1. The van der Waals surface area contributed by atoms with E-state index >= 15 is 0 Å². The first-order valence-electron chi connectivity index (χ1n) is 6.55. The van der Waals surface area contributed by atoms with Crippen LogP contribution in [0.2, 0.25) is 0 Å². The van der Waals surface area contributed by atoms with E-state index in [-0.39, 0.29) is 18.0 Å². The fourth-order valence-electron chi connectivity index (χ4n) is 2.37. The highest BCUT2D eigenvalue weighted by atomic mass is 19.1. The van der Waals surface area contributed by atoms with Gasteiger partial charge in [-0.3, -0.25) is 4.79 Å². The molecule has 0 atom stereocenters. The average molecular weight is 284 g/mol. The molecule has 0 spiro atoms. The van der Waals surface area contributed by atoms with Crippen molar-refractivity contribution in [2.45, 2.75) is 25.0 Å². The van der Waals surface area contributed by atoms with Crippen LogP contribution in [0.3, 0.4) is 0 Å². The van der Waals surface area contributed by atoms with Gasteiger partial charge in [0.15, 0.2) is 0 Å². The number of ether oxygens (including phenoxy) is 1. The summed E-state index contributed by atoms with van der Waals surface area (Å²) in [5, 5.41) is 5.78. The zero-order valence-corrected chi connectivity index (χ0v) is 11.3. The van der Waals surface area contributed by atoms with Gasteiger partial charge in [0, 0.05) is 19.2 Å². The van der Waals surface area contributed by atoms with Crippen molar-refractivity contribution in [3.8, 4) is 0 Å². The number of hydrogen-bond acceptors (Lipinski definition) is 3. The number of benzene rings is 1. The Kier molecular flexibility index (Phi) is 4.67. The number of amides is 1. The molecular formula is C14H18F2N2O2. The molecule has 1 aliphatic rings. The number of nitrogens with one attached hydrogen (secondary N) is 2. The molecule has 2 rings (SSSR count). The molecule has 1 saturated heterocycles. The molecule has 1 heterocycles. The van der Waals surface area contributed by atoms with Crippen molar-refractivity contribution in [2.24, 2.45) is 0 Å². The van der Waals surface area contributed by atoms with Crippen LogP contribution >= 0.6 is 0 Å². The maximum atomic E-state index is 13.5. The summed E-state index contributed by atoms with van der Waals surface area (Å²) in [6, 6.07) is 3.18. The van der Waals surface area contributed by atoms with E-state index in [0.717, 1.165) is 18.2 Å². The summed E-state index contributed by atoms with van der Waals surface area (Å²) in [7, 11) is 1.49. The summed E-state index contributed by atoms with van der Waals surface area (Å²) < 4.78 is 31.9. The van der Waals surface area contributed by atoms with Gasteiger partial charge in [0.2, 0.25) is 0 Å². The Morgan fingerprint density at radius 3 is 2.75 bits per heavy atom. The van der Waals surface area contributed by atoms with Crippen LogP contribution in [0.25, 0.3) is 0 Å². The van der Waals surface area contributed by atoms with Crippen LogP contribution in [-0.4, -0.2) is 31.7 Å². The van der Waals surface area contributed by atoms with Crippen LogP contribution < -0.4 is 10.6 Å². The lowest BCUT2D eigenvalue weighted by Crippen LogP contribution is -2.54. The Hall–Kier alpha value is -1.53. The van der Waals surface area contributed by atoms with Crippen LogP contribution in [0.15, 0.2) is 18.2 Å². The number of carbonyl (C=O) groups is 1. The molecule has 0 bridgehead atoms. The van der Waals surface area contributed by atoms with Crippen LogP contribution in [0.4, 0.5) is 8.78 Å². The first-order valence-corrected chi connectivity index (χ1v) is 6.55. The van der Waals surface area contributed by atoms with Crippen molar-refractivity contribution < 1.29 is 18.3 Å². The van der Waals surface area contributed by atoms with Crippen LogP contribution in [0.1, 0.15) is 18.4 Å². The first kappa shape index (κ1) is 14.9. The van der Waals surface area contributed by atoms with Crippen LogP contribution in [0.5, 0.6) is 0 Å². The van der Waals surface area contributed by atoms with Gasteiger partial charge in [-0.05, 0) is 44.1 Å². The molecule has 20 heavy (non-hydrogen) atoms. The Bertz CT molecular complexity index is 488. The zero-order valence-electron chi connectivity index (χ0n) is 11.3. The topological polar surface area (TPSA) is 50.4 Å². The minimum atomic E-state index is -0.880. The number of hydrogen-bond donors (Lipinski definition) is 2. The smallest absolute Gasteiger partial charge is 0.252 e. The van der Waals surface area contributed by atoms with Gasteiger partial charge >= 0.3 is 0 Å². The van der Waals surface area contributed by atoms with Gasteiger partial charge in [0.25, 0.3) is 5.91 Å². The average Bonchev–Trinajstić information content (AvgIpc) is 2.48. The second-order valence-corrected chi connectivity index (χ2v) is 4.87. The molecule has 1 amide bonds. The van der Waals surface area contributed by atoms with Gasteiger partial charge in [-0.1, -0.05) is 0 Å². The molecular weight excluding hydrogens is 266 g/mol. The monoisotopic (exact) mass is 284 g/mol. The third kappa shape index (κ3) is 3.13. The molecule has 0 aromatic heterocycles. The predicted octanol–water partition coefficient (Wildman–Crippen LogP) is 1.35. The molecule has 0 aliphatic carbocycles. The molecule has 1 aromatic rings. The van der Waals surface area contributed by atoms with E-state index in [1.165, 1.54) is 7.11 Å². The third-order valence-corrected chi connectivity index (χ3v) is 3.66. The minimum Gasteiger partial charge on any atom is -0.368 e. The molecule has 4 nitrogen and oxygen atoms in total. The van der Waals surface area contributed by atoms with Gasteiger partial charge in [0.1, 0.15) is 17.2 Å². The number of halogens is 2. The van der Waals surface area contributed by atoms with E-state index < -0.39 is 17.2 Å². The first-order chi connectivity index (χ1) is 9.57. The Labute approximate surface area is 116 Å². The lowest BCUT2D eigenvalue weighted by molar-refractivity contribution is -0.146. The SMILES string of the molecule is COC1(C(=O)NCc2cc(F)ccc2F)CCNCC1. The lowest BCUT2D eigenvalue weighted by atomic mass is 9.91. The van der Waals surface area contributed by atoms with Gasteiger partial charge < -0.3 is 15.4 Å². The summed E-state index contributed by atoms with van der Waals surface area (Å²) in [6.45, 7) is 1.33. The number of rotatable bonds is 4. The van der Waals surface area contributed by atoms with Crippen molar-refractivity contribution >= 4 is 5.91 Å². The summed E-state index contributed by atoms with van der Waals surface area (Å²) in [5.41, 5.74) is -0.756. The molecule has 1 aromatic carbocycles. The fraction of sp³-hybridized carbons (Fsp3) is 0.500. The maximum absolute atomic E-state index is 13.5. The molecule has 110 valence electrons. The van der Waals surface area contributed by atoms with E-state index in [1.807, 2.05) is 0 Å². The van der Waals surface area contributed by atoms with Gasteiger partial charge in [-0.25, -0.2) is 8.78 Å². The molecule has 0 radical (unpaired) electrons. The molecule has 0 saturated carbocycles. The Morgan fingerprint density at radius 1 is 1.40 bits per heavy atom. The quantitative estimate of drug-likeness (QED) is 0.877. The highest BCUT2D eigenvalue weighted by Gasteiger charge is 2.39. The third-order valence-electron chi connectivity index (χ3n) is 3.66. The van der Waals surface area contributed by atoms with E-state index in [2.05, 4.69) is 10.6 Å². The largest absolute Gasteiger partial charge is 0.368 e. The van der Waals surface area contributed by atoms with Crippen molar-refractivity contribution in [2.75, 3.05) is 20.2 Å². The van der Waals surface area contributed by atoms with Gasteiger partial charge in [-0.15, -0.1) is 0 Å². The number of carbonyl (C=O) groups excluding carboxylic acids is 1. The predicted molar refractivity (Wildman–Crippen MR) is 70.0 cm³/mol. The van der Waals surface area contributed by atoms with Crippen LogP contribution in [-0.2, 0) is 16.1 Å². The summed E-state index contributed by atoms with van der Waals surface area (Å²) in [4.78, 5) is 12.2. The van der Waals surface area contributed by atoms with Crippen LogP contribution in [0, 0.1) is 11.6 Å². The fourth-order valence-corrected chi connectivity index (χ4v) is 2.37. The minimum absolute atomic E-state index is 0.0546. The highest BCUT2D eigenvalue weighted by Crippen LogP contribution is 2.22. The van der Waals surface area contributed by atoms with Crippen molar-refractivity contribution in [3.05, 3.63) is 35.4 Å². The summed E-state index contributed by atoms with van der Waals surface area (Å²) in [5.74, 6) is -1.35.